The van der Waals surface area contributed by atoms with Crippen LogP contribution in [0.3, 0.4) is 0 Å². The van der Waals surface area contributed by atoms with Crippen molar-refractivity contribution in [3.05, 3.63) is 53.6 Å². The Morgan fingerprint density at radius 3 is 2.36 bits per heavy atom. The molecule has 1 saturated carbocycles. The zero-order valence-electron chi connectivity index (χ0n) is 25.8. The lowest BCUT2D eigenvalue weighted by molar-refractivity contribution is -0.137. The number of anilines is 2. The van der Waals surface area contributed by atoms with Gasteiger partial charge in [-0.25, -0.2) is 9.59 Å². The van der Waals surface area contributed by atoms with Gasteiger partial charge in [0.1, 0.15) is 11.9 Å². The van der Waals surface area contributed by atoms with Crippen molar-refractivity contribution in [3.8, 4) is 5.75 Å². The van der Waals surface area contributed by atoms with E-state index in [0.717, 1.165) is 49.9 Å². The second-order valence-electron chi connectivity index (χ2n) is 12.0. The summed E-state index contributed by atoms with van der Waals surface area (Å²) in [5.74, 6) is -0.0108. The van der Waals surface area contributed by atoms with Crippen molar-refractivity contribution < 1.29 is 37.4 Å². The summed E-state index contributed by atoms with van der Waals surface area (Å²) in [4.78, 5) is 42.4. The van der Waals surface area contributed by atoms with E-state index in [1.54, 1.807) is 42.0 Å². The van der Waals surface area contributed by atoms with Gasteiger partial charge in [0, 0.05) is 42.5 Å². The first kappa shape index (κ1) is 33.9. The standard InChI is InChI=1S/C32H42F3N5O5/c1-20-17-40(21(2)19-41)29(42)16-22-15-26(37-30(43)36-25-11-9-23(10-12-25)32(33,34)35)13-14-27(22)45-28(20)18-39(3)31(44)38-24-7-5-4-6-8-24/h9-15,20-21,24,28,41H,4-8,16-19H2,1-3H3,(H,38,44)(H2,36,37,43)/t20-,21-,28-/m1/s1. The Labute approximate surface area is 261 Å². The number of likely N-dealkylation sites (N-methyl/N-ethyl adjacent to an activating group) is 1. The van der Waals surface area contributed by atoms with Gasteiger partial charge in [-0.15, -0.1) is 0 Å². The van der Waals surface area contributed by atoms with Gasteiger partial charge in [-0.2, -0.15) is 13.2 Å². The zero-order chi connectivity index (χ0) is 32.7. The Balaban J connectivity index is 1.51. The van der Waals surface area contributed by atoms with Crippen molar-refractivity contribution in [2.24, 2.45) is 5.92 Å². The van der Waals surface area contributed by atoms with Gasteiger partial charge in [0.05, 0.1) is 31.2 Å². The summed E-state index contributed by atoms with van der Waals surface area (Å²) in [6, 6.07) is 7.74. The minimum atomic E-state index is -4.49. The van der Waals surface area contributed by atoms with E-state index >= 15 is 0 Å². The predicted octanol–water partition coefficient (Wildman–Crippen LogP) is 5.47. The summed E-state index contributed by atoms with van der Waals surface area (Å²) in [5.41, 5.74) is 0.174. The highest BCUT2D eigenvalue weighted by Gasteiger charge is 2.33. The molecule has 2 aliphatic rings. The van der Waals surface area contributed by atoms with Gasteiger partial charge in [-0.05, 0) is 62.2 Å². The van der Waals surface area contributed by atoms with Gasteiger partial charge in [-0.1, -0.05) is 26.2 Å². The molecule has 2 aromatic carbocycles. The molecule has 1 aliphatic carbocycles. The van der Waals surface area contributed by atoms with Crippen LogP contribution in [0.25, 0.3) is 0 Å². The first-order chi connectivity index (χ1) is 21.3. The Morgan fingerprint density at radius 1 is 1.07 bits per heavy atom. The third-order valence-corrected chi connectivity index (χ3v) is 8.38. The van der Waals surface area contributed by atoms with Crippen molar-refractivity contribution in [1.82, 2.24) is 15.1 Å². The Kier molecular flexibility index (Phi) is 11.2. The van der Waals surface area contributed by atoms with Crippen LogP contribution in [0.15, 0.2) is 42.5 Å². The number of aliphatic hydroxyl groups excluding tert-OH is 1. The molecule has 5 amide bonds. The van der Waals surface area contributed by atoms with Crippen LogP contribution < -0.4 is 20.7 Å². The fourth-order valence-electron chi connectivity index (χ4n) is 5.65. The van der Waals surface area contributed by atoms with Crippen LogP contribution in [-0.2, 0) is 17.4 Å². The van der Waals surface area contributed by atoms with E-state index in [0.29, 0.717) is 23.5 Å². The van der Waals surface area contributed by atoms with Crippen LogP contribution in [0.2, 0.25) is 0 Å². The number of carbonyl (C=O) groups is 3. The number of rotatable bonds is 7. The van der Waals surface area contributed by atoms with Crippen molar-refractivity contribution >= 4 is 29.3 Å². The zero-order valence-corrected chi connectivity index (χ0v) is 25.8. The number of nitrogens with one attached hydrogen (secondary N) is 3. The smallest absolute Gasteiger partial charge is 0.416 e. The van der Waals surface area contributed by atoms with Gasteiger partial charge in [-0.3, -0.25) is 4.79 Å². The average molecular weight is 634 g/mol. The van der Waals surface area contributed by atoms with E-state index in [-0.39, 0.29) is 49.2 Å². The van der Waals surface area contributed by atoms with E-state index in [9.17, 15) is 32.7 Å². The molecule has 2 aromatic rings. The summed E-state index contributed by atoms with van der Waals surface area (Å²) < 4.78 is 45.1. The lowest BCUT2D eigenvalue weighted by atomic mass is 9.96. The number of carbonyl (C=O) groups excluding carboxylic acids is 3. The number of ether oxygens (including phenoxy) is 1. The van der Waals surface area contributed by atoms with Gasteiger partial charge >= 0.3 is 18.2 Å². The third kappa shape index (κ3) is 9.25. The first-order valence-corrected chi connectivity index (χ1v) is 15.3. The number of hydrogen-bond donors (Lipinski definition) is 4. The number of urea groups is 2. The highest BCUT2D eigenvalue weighted by Crippen LogP contribution is 2.31. The predicted molar refractivity (Wildman–Crippen MR) is 164 cm³/mol. The van der Waals surface area contributed by atoms with Crippen LogP contribution in [0.4, 0.5) is 34.1 Å². The number of hydrogen-bond acceptors (Lipinski definition) is 5. The topological polar surface area (TPSA) is 123 Å². The van der Waals surface area contributed by atoms with Crippen LogP contribution in [0.1, 0.15) is 57.1 Å². The number of benzene rings is 2. The molecule has 0 saturated heterocycles. The molecular formula is C32H42F3N5O5. The minimum Gasteiger partial charge on any atom is -0.488 e. The lowest BCUT2D eigenvalue weighted by Gasteiger charge is -2.34. The molecule has 3 atom stereocenters. The van der Waals surface area contributed by atoms with E-state index in [2.05, 4.69) is 16.0 Å². The van der Waals surface area contributed by atoms with Crippen molar-refractivity contribution in [2.75, 3.05) is 37.4 Å². The van der Waals surface area contributed by atoms with Crippen molar-refractivity contribution in [1.29, 1.82) is 0 Å². The van der Waals surface area contributed by atoms with Crippen molar-refractivity contribution in [3.63, 3.8) is 0 Å². The summed E-state index contributed by atoms with van der Waals surface area (Å²) >= 11 is 0. The second-order valence-corrected chi connectivity index (χ2v) is 12.0. The van der Waals surface area contributed by atoms with Crippen LogP contribution in [-0.4, -0.2) is 77.8 Å². The van der Waals surface area contributed by atoms with Crippen LogP contribution in [0, 0.1) is 5.92 Å². The maximum Gasteiger partial charge on any atom is 0.416 e. The molecule has 1 fully saturated rings. The van der Waals surface area contributed by atoms with E-state index in [1.807, 2.05) is 6.92 Å². The monoisotopic (exact) mass is 633 g/mol. The van der Waals surface area contributed by atoms with Crippen molar-refractivity contribution in [2.45, 2.75) is 76.7 Å². The number of halogens is 3. The summed E-state index contributed by atoms with van der Waals surface area (Å²) in [6.07, 6.45) is 0.231. The normalized spacial score (nSPS) is 20.1. The Bertz CT molecular complexity index is 1330. The SMILES string of the molecule is C[C@@H]1CN([C@H](C)CO)C(=O)Cc2cc(NC(=O)Nc3ccc(C(F)(F)F)cc3)ccc2O[C@@H]1CN(C)C(=O)NC1CCCCC1. The Morgan fingerprint density at radius 2 is 1.71 bits per heavy atom. The number of amides is 5. The number of aliphatic hydroxyl groups is 1. The van der Waals surface area contributed by atoms with Gasteiger partial charge in [0.25, 0.3) is 0 Å². The molecule has 4 rings (SSSR count). The molecule has 1 heterocycles. The molecule has 13 heteroatoms. The third-order valence-electron chi connectivity index (χ3n) is 8.38. The lowest BCUT2D eigenvalue weighted by Crippen LogP contribution is -2.50. The summed E-state index contributed by atoms with van der Waals surface area (Å²) in [6.45, 7) is 4.02. The van der Waals surface area contributed by atoms with E-state index in [4.69, 9.17) is 4.74 Å². The molecule has 45 heavy (non-hydrogen) atoms. The quantitative estimate of drug-likeness (QED) is 0.322. The first-order valence-electron chi connectivity index (χ1n) is 15.3. The molecule has 0 aromatic heterocycles. The molecule has 0 bridgehead atoms. The maximum atomic E-state index is 13.5. The average Bonchev–Trinajstić information content (AvgIpc) is 3.04. The van der Waals surface area contributed by atoms with E-state index in [1.165, 1.54) is 6.42 Å². The molecule has 0 radical (unpaired) electrons. The number of fused-ring (bicyclic) bond motifs is 1. The number of alkyl halides is 3. The summed E-state index contributed by atoms with van der Waals surface area (Å²) in [5, 5.41) is 18.1. The minimum absolute atomic E-state index is 0.0623. The molecule has 246 valence electrons. The maximum absolute atomic E-state index is 13.5. The number of nitrogens with zero attached hydrogens (tertiary/aromatic N) is 2. The molecule has 4 N–H and O–H groups in total. The Hall–Kier alpha value is -4.00. The van der Waals surface area contributed by atoms with E-state index < -0.39 is 29.9 Å². The molecule has 0 unspecified atom stereocenters. The molecular weight excluding hydrogens is 591 g/mol. The van der Waals surface area contributed by atoms with Crippen LogP contribution in [0.5, 0.6) is 5.75 Å². The fraction of sp³-hybridized carbons (Fsp3) is 0.531. The summed E-state index contributed by atoms with van der Waals surface area (Å²) in [7, 11) is 1.71. The largest absolute Gasteiger partial charge is 0.488 e. The molecule has 10 nitrogen and oxygen atoms in total. The second kappa shape index (κ2) is 14.9. The van der Waals surface area contributed by atoms with Gasteiger partial charge in [0.2, 0.25) is 5.91 Å². The highest BCUT2D eigenvalue weighted by molar-refractivity contribution is 6.00. The van der Waals surface area contributed by atoms with Gasteiger partial charge < -0.3 is 35.6 Å². The van der Waals surface area contributed by atoms with Crippen LogP contribution >= 0.6 is 0 Å². The van der Waals surface area contributed by atoms with Gasteiger partial charge in [0.15, 0.2) is 0 Å². The fourth-order valence-corrected chi connectivity index (χ4v) is 5.65. The highest BCUT2D eigenvalue weighted by atomic mass is 19.4. The molecule has 0 spiro atoms. The molecule has 1 aliphatic heterocycles.